The molecule has 5 nitrogen and oxygen atoms in total. The van der Waals surface area contributed by atoms with Crippen LogP contribution in [-0.2, 0) is 6.18 Å². The van der Waals surface area contributed by atoms with Gasteiger partial charge in [0.05, 0.1) is 24.7 Å². The van der Waals surface area contributed by atoms with E-state index in [2.05, 4.69) is 10.1 Å². The molecule has 1 aromatic carbocycles. The van der Waals surface area contributed by atoms with Crippen molar-refractivity contribution in [1.29, 1.82) is 0 Å². The SMILES string of the molecule is COc1ccc(-n2nc(C(F)(F)F)cc2-c2ccc(O)cc2)cn1. The lowest BCUT2D eigenvalue weighted by atomic mass is 10.1. The number of ether oxygens (including phenoxy) is 1. The first kappa shape index (κ1) is 15.9. The number of aromatic nitrogens is 3. The number of aromatic hydroxyl groups is 1. The number of hydrogen-bond acceptors (Lipinski definition) is 4. The lowest BCUT2D eigenvalue weighted by Gasteiger charge is -2.08. The number of benzene rings is 1. The molecule has 0 aliphatic carbocycles. The van der Waals surface area contributed by atoms with Crippen molar-refractivity contribution in [3.05, 3.63) is 54.4 Å². The highest BCUT2D eigenvalue weighted by atomic mass is 19.4. The van der Waals surface area contributed by atoms with E-state index in [9.17, 15) is 18.3 Å². The third-order valence-corrected chi connectivity index (χ3v) is 3.34. The van der Waals surface area contributed by atoms with Crippen LogP contribution in [0.5, 0.6) is 11.6 Å². The summed E-state index contributed by atoms with van der Waals surface area (Å²) >= 11 is 0. The number of pyridine rings is 1. The largest absolute Gasteiger partial charge is 0.508 e. The van der Waals surface area contributed by atoms with Crippen LogP contribution in [0.3, 0.4) is 0 Å². The van der Waals surface area contributed by atoms with Crippen LogP contribution in [0.1, 0.15) is 5.69 Å². The number of methoxy groups -OCH3 is 1. The summed E-state index contributed by atoms with van der Waals surface area (Å²) in [7, 11) is 1.44. The zero-order valence-corrected chi connectivity index (χ0v) is 12.4. The molecule has 1 N–H and O–H groups in total. The molecule has 24 heavy (non-hydrogen) atoms. The van der Waals surface area contributed by atoms with E-state index in [1.165, 1.54) is 43.6 Å². The Morgan fingerprint density at radius 1 is 1.08 bits per heavy atom. The van der Waals surface area contributed by atoms with Crippen molar-refractivity contribution >= 4 is 0 Å². The van der Waals surface area contributed by atoms with Gasteiger partial charge in [0.15, 0.2) is 5.69 Å². The van der Waals surface area contributed by atoms with E-state index in [1.54, 1.807) is 6.07 Å². The highest BCUT2D eigenvalue weighted by Crippen LogP contribution is 2.33. The molecule has 124 valence electrons. The molecule has 0 unspecified atom stereocenters. The molecule has 0 saturated carbocycles. The quantitative estimate of drug-likeness (QED) is 0.793. The first-order valence-corrected chi connectivity index (χ1v) is 6.85. The highest BCUT2D eigenvalue weighted by Gasteiger charge is 2.35. The molecule has 0 amide bonds. The van der Waals surface area contributed by atoms with E-state index in [1.807, 2.05) is 0 Å². The maximum atomic E-state index is 13.0. The Bertz CT molecular complexity index is 840. The summed E-state index contributed by atoms with van der Waals surface area (Å²) in [5.74, 6) is 0.361. The van der Waals surface area contributed by atoms with E-state index < -0.39 is 11.9 Å². The van der Waals surface area contributed by atoms with E-state index in [0.717, 1.165) is 10.7 Å². The number of hydrogen-bond donors (Lipinski definition) is 1. The van der Waals surface area contributed by atoms with Gasteiger partial charge in [-0.15, -0.1) is 0 Å². The van der Waals surface area contributed by atoms with Gasteiger partial charge in [-0.25, -0.2) is 9.67 Å². The van der Waals surface area contributed by atoms with Crippen LogP contribution < -0.4 is 4.74 Å². The van der Waals surface area contributed by atoms with Crippen molar-refractivity contribution in [3.63, 3.8) is 0 Å². The molecule has 2 aromatic heterocycles. The van der Waals surface area contributed by atoms with Gasteiger partial charge in [-0.05, 0) is 36.4 Å². The van der Waals surface area contributed by atoms with Gasteiger partial charge in [-0.1, -0.05) is 0 Å². The molecule has 0 saturated heterocycles. The van der Waals surface area contributed by atoms with Crippen LogP contribution in [0.25, 0.3) is 16.9 Å². The highest BCUT2D eigenvalue weighted by molar-refractivity contribution is 5.63. The molecule has 2 heterocycles. The van der Waals surface area contributed by atoms with Crippen LogP contribution >= 0.6 is 0 Å². The Morgan fingerprint density at radius 2 is 1.79 bits per heavy atom. The molecular weight excluding hydrogens is 323 g/mol. The summed E-state index contributed by atoms with van der Waals surface area (Å²) in [6.07, 6.45) is -3.20. The number of rotatable bonds is 3. The second kappa shape index (κ2) is 5.88. The summed E-state index contributed by atoms with van der Waals surface area (Å²) in [4.78, 5) is 3.99. The number of nitrogens with zero attached hydrogens (tertiary/aromatic N) is 3. The molecule has 8 heteroatoms. The molecule has 0 aliphatic rings. The minimum atomic E-state index is -4.57. The molecule has 0 bridgehead atoms. The molecule has 0 radical (unpaired) electrons. The van der Waals surface area contributed by atoms with Gasteiger partial charge in [-0.2, -0.15) is 18.3 Å². The normalized spacial score (nSPS) is 11.5. The molecule has 0 atom stereocenters. The number of phenolic OH excluding ortho intramolecular Hbond substituents is 1. The first-order valence-electron chi connectivity index (χ1n) is 6.85. The predicted molar refractivity (Wildman–Crippen MR) is 80.0 cm³/mol. The molecular formula is C16H12F3N3O2. The van der Waals surface area contributed by atoms with Gasteiger partial charge in [0.1, 0.15) is 5.75 Å². The summed E-state index contributed by atoms with van der Waals surface area (Å²) < 4.78 is 45.2. The fourth-order valence-corrected chi connectivity index (χ4v) is 2.17. The fourth-order valence-electron chi connectivity index (χ4n) is 2.17. The number of phenols is 1. The van der Waals surface area contributed by atoms with Gasteiger partial charge >= 0.3 is 6.18 Å². The predicted octanol–water partition coefficient (Wildman–Crippen LogP) is 3.67. The van der Waals surface area contributed by atoms with Gasteiger partial charge in [0.25, 0.3) is 0 Å². The van der Waals surface area contributed by atoms with Crippen LogP contribution in [0, 0.1) is 0 Å². The lowest BCUT2D eigenvalue weighted by Crippen LogP contribution is -2.07. The van der Waals surface area contributed by atoms with Crippen LogP contribution in [0.15, 0.2) is 48.7 Å². The van der Waals surface area contributed by atoms with E-state index in [-0.39, 0.29) is 11.4 Å². The summed E-state index contributed by atoms with van der Waals surface area (Å²) in [5.41, 5.74) is 0.0525. The fraction of sp³-hybridized carbons (Fsp3) is 0.125. The van der Waals surface area contributed by atoms with Crippen molar-refractivity contribution < 1.29 is 23.0 Å². The molecule has 0 aliphatic heterocycles. The topological polar surface area (TPSA) is 60.2 Å². The van der Waals surface area contributed by atoms with Crippen LogP contribution in [-0.4, -0.2) is 27.0 Å². The van der Waals surface area contributed by atoms with Gasteiger partial charge in [-0.3, -0.25) is 0 Å². The van der Waals surface area contributed by atoms with Crippen molar-refractivity contribution in [2.75, 3.05) is 7.11 Å². The first-order chi connectivity index (χ1) is 11.4. The van der Waals surface area contributed by atoms with Crippen LogP contribution in [0.4, 0.5) is 13.2 Å². The van der Waals surface area contributed by atoms with Gasteiger partial charge < -0.3 is 9.84 Å². The monoisotopic (exact) mass is 335 g/mol. The molecule has 0 fully saturated rings. The maximum Gasteiger partial charge on any atom is 0.435 e. The summed E-state index contributed by atoms with van der Waals surface area (Å²) in [6, 6.07) is 9.86. The summed E-state index contributed by atoms with van der Waals surface area (Å²) in [6.45, 7) is 0. The third-order valence-electron chi connectivity index (χ3n) is 3.34. The Morgan fingerprint density at radius 3 is 2.33 bits per heavy atom. The summed E-state index contributed by atoms with van der Waals surface area (Å²) in [5, 5.41) is 13.0. The van der Waals surface area contributed by atoms with E-state index >= 15 is 0 Å². The third kappa shape index (κ3) is 3.03. The zero-order chi connectivity index (χ0) is 17.3. The second-order valence-electron chi connectivity index (χ2n) is 4.93. The standard InChI is InChI=1S/C16H12F3N3O2/c1-24-15-7-4-11(9-20-15)22-13(8-14(21-22)16(17,18)19)10-2-5-12(23)6-3-10/h2-9,23H,1H3. The maximum absolute atomic E-state index is 13.0. The Balaban J connectivity index is 2.15. The lowest BCUT2D eigenvalue weighted by molar-refractivity contribution is -0.141. The minimum Gasteiger partial charge on any atom is -0.508 e. The van der Waals surface area contributed by atoms with Gasteiger partial charge in [0, 0.05) is 11.6 Å². The Kier molecular flexibility index (Phi) is 3.88. The number of alkyl halides is 3. The van der Waals surface area contributed by atoms with E-state index in [4.69, 9.17) is 4.74 Å². The molecule has 3 rings (SSSR count). The van der Waals surface area contributed by atoms with Crippen molar-refractivity contribution in [3.8, 4) is 28.6 Å². The van der Waals surface area contributed by atoms with Crippen molar-refractivity contribution in [2.45, 2.75) is 6.18 Å². The second-order valence-corrected chi connectivity index (χ2v) is 4.93. The minimum absolute atomic E-state index is 0.0203. The molecule has 3 aromatic rings. The average Bonchev–Trinajstić information content (AvgIpc) is 3.01. The van der Waals surface area contributed by atoms with Crippen molar-refractivity contribution in [1.82, 2.24) is 14.8 Å². The average molecular weight is 335 g/mol. The number of halogens is 3. The molecule has 0 spiro atoms. The van der Waals surface area contributed by atoms with Crippen LogP contribution in [0.2, 0.25) is 0 Å². The van der Waals surface area contributed by atoms with E-state index in [0.29, 0.717) is 17.1 Å². The smallest absolute Gasteiger partial charge is 0.435 e. The van der Waals surface area contributed by atoms with Crippen molar-refractivity contribution in [2.24, 2.45) is 0 Å². The Labute approximate surface area is 135 Å². The van der Waals surface area contributed by atoms with Gasteiger partial charge in [0.2, 0.25) is 5.88 Å². The zero-order valence-electron chi connectivity index (χ0n) is 12.4. The Hall–Kier alpha value is -3.03.